The lowest BCUT2D eigenvalue weighted by molar-refractivity contribution is -0.124. The molecule has 0 heterocycles. The first-order valence-corrected chi connectivity index (χ1v) is 9.09. The van der Waals surface area contributed by atoms with E-state index in [1.165, 1.54) is 6.08 Å². The van der Waals surface area contributed by atoms with Crippen LogP contribution in [0.1, 0.15) is 42.4 Å². The molecular weight excluding hydrogens is 338 g/mol. The molecule has 2 aromatic rings. The van der Waals surface area contributed by atoms with Crippen LogP contribution in [-0.4, -0.2) is 17.5 Å². The van der Waals surface area contributed by atoms with Crippen LogP contribution in [0, 0.1) is 13.8 Å². The second-order valence-corrected chi connectivity index (χ2v) is 6.59. The van der Waals surface area contributed by atoms with Crippen molar-refractivity contribution in [1.82, 2.24) is 0 Å². The van der Waals surface area contributed by atoms with E-state index in [2.05, 4.69) is 5.32 Å². The predicted molar refractivity (Wildman–Crippen MR) is 109 cm³/mol. The van der Waals surface area contributed by atoms with E-state index >= 15 is 0 Å². The second kappa shape index (κ2) is 10.2. The lowest BCUT2D eigenvalue weighted by Gasteiger charge is -2.11. The van der Waals surface area contributed by atoms with Crippen LogP contribution in [0.15, 0.2) is 54.6 Å². The molecule has 140 valence electrons. The third-order valence-electron chi connectivity index (χ3n) is 4.24. The average Bonchev–Trinajstić information content (AvgIpc) is 2.64. The molecule has 0 spiro atoms. The SMILES string of the molecule is Cc1cccc(C)c1NC(=O)CCCC(=O)CC(=O)C=Cc1ccccc1. The summed E-state index contributed by atoms with van der Waals surface area (Å²) in [5.41, 5.74) is 3.77. The van der Waals surface area contributed by atoms with Gasteiger partial charge in [-0.15, -0.1) is 0 Å². The molecule has 4 heteroatoms. The Morgan fingerprint density at radius 3 is 2.22 bits per heavy atom. The normalized spacial score (nSPS) is 10.7. The van der Waals surface area contributed by atoms with Crippen LogP contribution in [0.2, 0.25) is 0 Å². The number of carbonyl (C=O) groups excluding carboxylic acids is 3. The Morgan fingerprint density at radius 1 is 0.889 bits per heavy atom. The zero-order chi connectivity index (χ0) is 19.6. The summed E-state index contributed by atoms with van der Waals surface area (Å²) in [6.07, 6.45) is 3.93. The summed E-state index contributed by atoms with van der Waals surface area (Å²) in [4.78, 5) is 35.9. The van der Waals surface area contributed by atoms with Crippen molar-refractivity contribution >= 4 is 29.2 Å². The predicted octanol–water partition coefficient (Wildman–Crippen LogP) is 4.65. The van der Waals surface area contributed by atoms with Crippen molar-refractivity contribution < 1.29 is 14.4 Å². The van der Waals surface area contributed by atoms with Crippen molar-refractivity contribution in [3.8, 4) is 0 Å². The molecule has 1 N–H and O–H groups in total. The summed E-state index contributed by atoms with van der Waals surface area (Å²) < 4.78 is 0. The van der Waals surface area contributed by atoms with E-state index in [0.29, 0.717) is 6.42 Å². The molecule has 0 bridgehead atoms. The maximum absolute atomic E-state index is 12.1. The van der Waals surface area contributed by atoms with Crippen LogP contribution in [0.3, 0.4) is 0 Å². The van der Waals surface area contributed by atoms with Crippen LogP contribution in [0.25, 0.3) is 6.08 Å². The molecular formula is C23H25NO3. The number of rotatable bonds is 9. The molecule has 0 atom stereocenters. The molecule has 0 aliphatic rings. The first-order chi connectivity index (χ1) is 13.0. The highest BCUT2D eigenvalue weighted by atomic mass is 16.2. The van der Waals surface area contributed by atoms with E-state index in [-0.39, 0.29) is 36.7 Å². The fraction of sp³-hybridized carbons (Fsp3) is 0.261. The lowest BCUT2D eigenvalue weighted by Crippen LogP contribution is -2.14. The van der Waals surface area contributed by atoms with Gasteiger partial charge in [-0.3, -0.25) is 14.4 Å². The Hall–Kier alpha value is -3.01. The maximum Gasteiger partial charge on any atom is 0.224 e. The second-order valence-electron chi connectivity index (χ2n) is 6.59. The van der Waals surface area contributed by atoms with Gasteiger partial charge in [0.25, 0.3) is 0 Å². The number of anilines is 1. The van der Waals surface area contributed by atoms with Crippen molar-refractivity contribution in [3.05, 3.63) is 71.3 Å². The Bertz CT molecular complexity index is 818. The van der Waals surface area contributed by atoms with Crippen LogP contribution in [0.4, 0.5) is 5.69 Å². The monoisotopic (exact) mass is 363 g/mol. The number of ketones is 2. The highest BCUT2D eigenvalue weighted by Crippen LogP contribution is 2.19. The van der Waals surface area contributed by atoms with E-state index in [1.54, 1.807) is 6.08 Å². The molecule has 2 aromatic carbocycles. The van der Waals surface area contributed by atoms with Crippen molar-refractivity contribution in [2.45, 2.75) is 39.5 Å². The number of Topliss-reactive ketones (excluding diaryl/α,β-unsaturated/α-hetero) is 1. The van der Waals surface area contributed by atoms with Gasteiger partial charge in [-0.1, -0.05) is 54.6 Å². The number of hydrogen-bond donors (Lipinski definition) is 1. The summed E-state index contributed by atoms with van der Waals surface area (Å²) in [5, 5.41) is 2.90. The fourth-order valence-electron chi connectivity index (χ4n) is 2.75. The zero-order valence-corrected chi connectivity index (χ0v) is 15.8. The van der Waals surface area contributed by atoms with Crippen molar-refractivity contribution in [3.63, 3.8) is 0 Å². The molecule has 0 aliphatic carbocycles. The van der Waals surface area contributed by atoms with Gasteiger partial charge in [0.05, 0.1) is 6.42 Å². The molecule has 2 rings (SSSR count). The van der Waals surface area contributed by atoms with Gasteiger partial charge in [0.15, 0.2) is 5.78 Å². The first kappa shape index (κ1) is 20.3. The smallest absolute Gasteiger partial charge is 0.224 e. The van der Waals surface area contributed by atoms with E-state index in [0.717, 1.165) is 22.4 Å². The van der Waals surface area contributed by atoms with Crippen LogP contribution < -0.4 is 5.32 Å². The highest BCUT2D eigenvalue weighted by molar-refractivity contribution is 6.06. The summed E-state index contributed by atoms with van der Waals surface area (Å²) >= 11 is 0. The molecule has 0 fully saturated rings. The summed E-state index contributed by atoms with van der Waals surface area (Å²) in [7, 11) is 0. The summed E-state index contributed by atoms with van der Waals surface area (Å²) in [6, 6.07) is 15.3. The maximum atomic E-state index is 12.1. The van der Waals surface area contributed by atoms with Crippen LogP contribution in [-0.2, 0) is 14.4 Å². The fourth-order valence-corrected chi connectivity index (χ4v) is 2.75. The summed E-state index contributed by atoms with van der Waals surface area (Å²) in [5.74, 6) is -0.475. The van der Waals surface area contributed by atoms with E-state index in [9.17, 15) is 14.4 Å². The molecule has 0 aliphatic heterocycles. The molecule has 0 saturated heterocycles. The highest BCUT2D eigenvalue weighted by Gasteiger charge is 2.10. The zero-order valence-electron chi connectivity index (χ0n) is 15.8. The van der Waals surface area contributed by atoms with Crippen molar-refractivity contribution in [2.24, 2.45) is 0 Å². The molecule has 4 nitrogen and oxygen atoms in total. The minimum atomic E-state index is -0.219. The number of hydrogen-bond acceptors (Lipinski definition) is 3. The third-order valence-corrected chi connectivity index (χ3v) is 4.24. The Labute approximate surface area is 160 Å². The molecule has 1 amide bonds. The van der Waals surface area contributed by atoms with Gasteiger partial charge in [0, 0.05) is 18.5 Å². The molecule has 0 aromatic heterocycles. The Morgan fingerprint density at radius 2 is 1.56 bits per heavy atom. The average molecular weight is 363 g/mol. The minimum absolute atomic E-state index is 0.115. The van der Waals surface area contributed by atoms with Gasteiger partial charge < -0.3 is 5.32 Å². The van der Waals surface area contributed by atoms with E-state index in [1.807, 2.05) is 62.4 Å². The lowest BCUT2D eigenvalue weighted by atomic mass is 10.1. The third kappa shape index (κ3) is 7.02. The first-order valence-electron chi connectivity index (χ1n) is 9.09. The largest absolute Gasteiger partial charge is 0.326 e. The molecule has 0 unspecified atom stereocenters. The number of aryl methyl sites for hydroxylation is 2. The number of nitrogens with one attached hydrogen (secondary N) is 1. The Balaban J connectivity index is 1.71. The summed E-state index contributed by atoms with van der Waals surface area (Å²) in [6.45, 7) is 3.89. The number of allylic oxidation sites excluding steroid dienone is 1. The standard InChI is InChI=1S/C23H25NO3/c1-17-8-6-9-18(2)23(17)24-22(27)13-7-12-20(25)16-21(26)15-14-19-10-4-3-5-11-19/h3-6,8-11,14-15H,7,12-13,16H2,1-2H3,(H,24,27). The van der Waals surface area contributed by atoms with Gasteiger partial charge >= 0.3 is 0 Å². The number of amides is 1. The quantitative estimate of drug-likeness (QED) is 0.521. The van der Waals surface area contributed by atoms with Gasteiger partial charge in [-0.05, 0) is 43.0 Å². The van der Waals surface area contributed by atoms with Crippen LogP contribution >= 0.6 is 0 Å². The molecule has 0 radical (unpaired) electrons. The van der Waals surface area contributed by atoms with Crippen molar-refractivity contribution in [1.29, 1.82) is 0 Å². The van der Waals surface area contributed by atoms with Gasteiger partial charge in [0.2, 0.25) is 5.91 Å². The van der Waals surface area contributed by atoms with Crippen molar-refractivity contribution in [2.75, 3.05) is 5.32 Å². The molecule has 27 heavy (non-hydrogen) atoms. The number of benzene rings is 2. The van der Waals surface area contributed by atoms with Gasteiger partial charge in [0.1, 0.15) is 5.78 Å². The molecule has 0 saturated carbocycles. The topological polar surface area (TPSA) is 63.2 Å². The number of carbonyl (C=O) groups is 3. The van der Waals surface area contributed by atoms with Crippen LogP contribution in [0.5, 0.6) is 0 Å². The minimum Gasteiger partial charge on any atom is -0.326 e. The van der Waals surface area contributed by atoms with E-state index < -0.39 is 0 Å². The number of para-hydroxylation sites is 1. The van der Waals surface area contributed by atoms with E-state index in [4.69, 9.17) is 0 Å². The van der Waals surface area contributed by atoms with Gasteiger partial charge in [-0.2, -0.15) is 0 Å². The Kier molecular flexibility index (Phi) is 7.68. The van der Waals surface area contributed by atoms with Gasteiger partial charge in [-0.25, -0.2) is 0 Å².